The Balaban J connectivity index is 1.24. The van der Waals surface area contributed by atoms with Gasteiger partial charge in [0.2, 0.25) is 5.91 Å². The van der Waals surface area contributed by atoms with Crippen LogP contribution in [0.4, 0.5) is 13.2 Å². The van der Waals surface area contributed by atoms with E-state index in [1.54, 1.807) is 40.1 Å². The van der Waals surface area contributed by atoms with Crippen molar-refractivity contribution in [3.63, 3.8) is 0 Å². The maximum Gasteiger partial charge on any atom is 0.285 e. The smallest absolute Gasteiger partial charge is 0.285 e. The van der Waals surface area contributed by atoms with Crippen LogP contribution in [0.5, 0.6) is 5.75 Å². The van der Waals surface area contributed by atoms with Gasteiger partial charge in [0, 0.05) is 43.9 Å². The first-order valence-electron chi connectivity index (χ1n) is 13.1. The van der Waals surface area contributed by atoms with Crippen LogP contribution in [0.25, 0.3) is 0 Å². The molecule has 2 N–H and O–H groups in total. The molecule has 4 rings (SSSR count). The molecule has 2 fully saturated rings. The third-order valence-electron chi connectivity index (χ3n) is 7.48. The number of likely N-dealkylation sites (tertiary alicyclic amines) is 1. The highest BCUT2D eigenvalue weighted by Crippen LogP contribution is 2.31. The molecule has 0 unspecified atom stereocenters. The Bertz CT molecular complexity index is 1020. The summed E-state index contributed by atoms with van der Waals surface area (Å²) >= 11 is 0. The highest BCUT2D eigenvalue weighted by molar-refractivity contribution is 5.82. The molecule has 1 atom stereocenters. The van der Waals surface area contributed by atoms with Gasteiger partial charge in [-0.2, -0.15) is 8.78 Å². The summed E-state index contributed by atoms with van der Waals surface area (Å²) in [5.74, 6) is -2.78. The summed E-state index contributed by atoms with van der Waals surface area (Å²) < 4.78 is 49.3. The number of nitrogens with two attached hydrogens (primary N) is 1. The molecule has 0 spiro atoms. The molecule has 37 heavy (non-hydrogen) atoms. The predicted molar refractivity (Wildman–Crippen MR) is 137 cm³/mol. The fourth-order valence-electron chi connectivity index (χ4n) is 5.27. The van der Waals surface area contributed by atoms with Crippen LogP contribution in [0, 0.1) is 11.7 Å². The molecule has 2 aromatic rings. The molecule has 0 saturated carbocycles. The molecule has 0 bridgehead atoms. The van der Waals surface area contributed by atoms with Crippen LogP contribution >= 0.6 is 0 Å². The Morgan fingerprint density at radius 1 is 1.00 bits per heavy atom. The number of piperidine rings is 1. The van der Waals surface area contributed by atoms with Crippen molar-refractivity contribution in [1.29, 1.82) is 0 Å². The van der Waals surface area contributed by atoms with E-state index in [1.165, 1.54) is 18.2 Å². The minimum absolute atomic E-state index is 0.0206. The van der Waals surface area contributed by atoms with Crippen molar-refractivity contribution in [1.82, 2.24) is 14.7 Å². The molecular weight excluding hydrogens is 481 g/mol. The molecule has 0 aromatic heterocycles. The molecule has 2 aromatic carbocycles. The molecule has 2 heterocycles. The van der Waals surface area contributed by atoms with E-state index in [0.29, 0.717) is 76.6 Å². The van der Waals surface area contributed by atoms with E-state index >= 15 is 0 Å². The van der Waals surface area contributed by atoms with Crippen molar-refractivity contribution in [3.8, 4) is 5.75 Å². The summed E-state index contributed by atoms with van der Waals surface area (Å²) in [6, 6.07) is 12.1. The fourth-order valence-corrected chi connectivity index (χ4v) is 5.27. The Morgan fingerprint density at radius 3 is 2.32 bits per heavy atom. The Labute approximate surface area is 217 Å². The topological polar surface area (TPSA) is 62.0 Å². The van der Waals surface area contributed by atoms with Gasteiger partial charge in [0.25, 0.3) is 5.92 Å². The van der Waals surface area contributed by atoms with Crippen molar-refractivity contribution < 1.29 is 22.7 Å². The molecule has 1 amide bonds. The third kappa shape index (κ3) is 6.83. The minimum Gasteiger partial charge on any atom is -0.493 e. The van der Waals surface area contributed by atoms with Gasteiger partial charge in [-0.1, -0.05) is 36.4 Å². The van der Waals surface area contributed by atoms with Gasteiger partial charge in [0.05, 0.1) is 19.2 Å². The molecule has 0 radical (unpaired) electrons. The molecule has 202 valence electrons. The second-order valence-corrected chi connectivity index (χ2v) is 9.96. The van der Waals surface area contributed by atoms with E-state index in [-0.39, 0.29) is 29.8 Å². The van der Waals surface area contributed by atoms with E-state index < -0.39 is 12.0 Å². The van der Waals surface area contributed by atoms with Gasteiger partial charge in [-0.05, 0) is 50.9 Å². The summed E-state index contributed by atoms with van der Waals surface area (Å²) in [5, 5.41) is 0. The number of hydrogen-bond acceptors (Lipinski definition) is 5. The molecule has 2 saturated heterocycles. The summed E-state index contributed by atoms with van der Waals surface area (Å²) in [5.41, 5.74) is 6.93. The summed E-state index contributed by atoms with van der Waals surface area (Å²) in [7, 11) is 0. The van der Waals surface area contributed by atoms with Gasteiger partial charge in [0.1, 0.15) is 11.6 Å². The number of benzene rings is 2. The van der Waals surface area contributed by atoms with Crippen LogP contribution in [0.1, 0.15) is 30.9 Å². The number of carbonyl (C=O) groups is 1. The van der Waals surface area contributed by atoms with Gasteiger partial charge in [-0.25, -0.2) is 4.39 Å². The molecule has 9 heteroatoms. The van der Waals surface area contributed by atoms with E-state index in [9.17, 15) is 18.0 Å². The number of rotatable bonds is 9. The number of alkyl halides is 2. The zero-order valence-electron chi connectivity index (χ0n) is 21.4. The zero-order chi connectivity index (χ0) is 26.4. The van der Waals surface area contributed by atoms with Gasteiger partial charge in [-0.3, -0.25) is 14.6 Å². The lowest BCUT2D eigenvalue weighted by atomic mass is 9.88. The Morgan fingerprint density at radius 2 is 1.68 bits per heavy atom. The Hall–Kier alpha value is -2.62. The summed E-state index contributed by atoms with van der Waals surface area (Å²) in [6.07, 6.45) is 1.23. The van der Waals surface area contributed by atoms with Crippen LogP contribution in [-0.4, -0.2) is 79.1 Å². The average Bonchev–Trinajstić information content (AvgIpc) is 2.91. The van der Waals surface area contributed by atoms with Gasteiger partial charge in [-0.15, -0.1) is 0 Å². The molecule has 2 aliphatic rings. The highest BCUT2D eigenvalue weighted by atomic mass is 19.3. The second kappa shape index (κ2) is 12.3. The van der Waals surface area contributed by atoms with Crippen LogP contribution in [0.2, 0.25) is 0 Å². The number of amides is 1. The predicted octanol–water partition coefficient (Wildman–Crippen LogP) is 3.70. The van der Waals surface area contributed by atoms with E-state index in [2.05, 4.69) is 4.90 Å². The maximum absolute atomic E-state index is 14.7. The van der Waals surface area contributed by atoms with Crippen molar-refractivity contribution in [2.45, 2.75) is 38.3 Å². The van der Waals surface area contributed by atoms with E-state index in [1.807, 2.05) is 6.92 Å². The van der Waals surface area contributed by atoms with Crippen molar-refractivity contribution in [2.75, 3.05) is 52.4 Å². The third-order valence-corrected chi connectivity index (χ3v) is 7.48. The largest absolute Gasteiger partial charge is 0.493 e. The van der Waals surface area contributed by atoms with Crippen LogP contribution < -0.4 is 10.5 Å². The molecule has 2 aliphatic heterocycles. The standard InChI is InChI=1S/C28H37F3N4O2/c1-2-37-25-10-6-9-24(29)23(25)19-33-15-17-35(18-16-33)27(36)26(32)21-11-13-34(14-12-21)20-28(30,31)22-7-4-3-5-8-22/h3-10,21,26H,2,11-20,32H2,1H3/t26-/m1/s1. The first-order chi connectivity index (χ1) is 17.8. The lowest BCUT2D eigenvalue weighted by Crippen LogP contribution is -2.56. The van der Waals surface area contributed by atoms with Crippen molar-refractivity contribution in [3.05, 3.63) is 65.5 Å². The summed E-state index contributed by atoms with van der Waals surface area (Å²) in [4.78, 5) is 18.8. The quantitative estimate of drug-likeness (QED) is 0.549. The second-order valence-electron chi connectivity index (χ2n) is 9.96. The maximum atomic E-state index is 14.7. The van der Waals surface area contributed by atoms with E-state index in [0.717, 1.165) is 0 Å². The van der Waals surface area contributed by atoms with E-state index in [4.69, 9.17) is 10.5 Å². The fraction of sp³-hybridized carbons (Fsp3) is 0.536. The molecule has 6 nitrogen and oxygen atoms in total. The van der Waals surface area contributed by atoms with Crippen LogP contribution in [0.15, 0.2) is 48.5 Å². The number of hydrogen-bond donors (Lipinski definition) is 1. The lowest BCUT2D eigenvalue weighted by Gasteiger charge is -2.39. The monoisotopic (exact) mass is 518 g/mol. The number of halogens is 3. The number of ether oxygens (including phenoxy) is 1. The molecular formula is C28H37F3N4O2. The first kappa shape index (κ1) is 27.4. The lowest BCUT2D eigenvalue weighted by molar-refractivity contribution is -0.136. The van der Waals surface area contributed by atoms with Crippen LogP contribution in [0.3, 0.4) is 0 Å². The van der Waals surface area contributed by atoms with Gasteiger partial charge in [0.15, 0.2) is 0 Å². The number of piperazine rings is 1. The minimum atomic E-state index is -2.92. The Kier molecular flexibility index (Phi) is 9.10. The number of nitrogens with zero attached hydrogens (tertiary/aromatic N) is 3. The first-order valence-corrected chi connectivity index (χ1v) is 13.1. The van der Waals surface area contributed by atoms with Gasteiger partial charge >= 0.3 is 0 Å². The SMILES string of the molecule is CCOc1cccc(F)c1CN1CCN(C(=O)[C@H](N)C2CCN(CC(F)(F)c3ccccc3)CC2)CC1. The normalized spacial score (nSPS) is 19.1. The van der Waals surface area contributed by atoms with Gasteiger partial charge < -0.3 is 15.4 Å². The molecule has 0 aliphatic carbocycles. The number of carbonyl (C=O) groups excluding carboxylic acids is 1. The van der Waals surface area contributed by atoms with Crippen molar-refractivity contribution in [2.24, 2.45) is 11.7 Å². The zero-order valence-corrected chi connectivity index (χ0v) is 21.4. The average molecular weight is 519 g/mol. The van der Waals surface area contributed by atoms with Crippen LogP contribution in [-0.2, 0) is 17.3 Å². The summed E-state index contributed by atoms with van der Waals surface area (Å²) in [6.45, 7) is 5.68. The van der Waals surface area contributed by atoms with Crippen molar-refractivity contribution >= 4 is 5.91 Å². The highest BCUT2D eigenvalue weighted by Gasteiger charge is 2.37.